The summed E-state index contributed by atoms with van der Waals surface area (Å²) in [5.74, 6) is 0.840. The third kappa shape index (κ3) is 5.72. The zero-order valence-electron chi connectivity index (χ0n) is 6.66. The number of nitrogens with one attached hydrogen (secondary N) is 1. The molecule has 4 nitrogen and oxygen atoms in total. The van der Waals surface area contributed by atoms with Crippen molar-refractivity contribution in [3.63, 3.8) is 0 Å². The molecule has 0 saturated carbocycles. The first-order valence-corrected chi connectivity index (χ1v) is 4.41. The van der Waals surface area contributed by atoms with Crippen LogP contribution in [0.4, 0.5) is 0 Å². The lowest BCUT2D eigenvalue weighted by Gasteiger charge is -2.02. The predicted octanol–water partition coefficient (Wildman–Crippen LogP) is 1.42. The molecule has 0 saturated heterocycles. The average Bonchev–Trinajstić information content (AvgIpc) is 1.87. The van der Waals surface area contributed by atoms with Crippen molar-refractivity contribution in [2.45, 2.75) is 13.8 Å². The van der Waals surface area contributed by atoms with Gasteiger partial charge in [0, 0.05) is 6.54 Å². The topological polar surface area (TPSA) is 55.2 Å². The van der Waals surface area contributed by atoms with Crippen molar-refractivity contribution in [1.29, 1.82) is 0 Å². The van der Waals surface area contributed by atoms with Crippen LogP contribution >= 0.6 is 11.8 Å². The Morgan fingerprint density at radius 3 is 2.73 bits per heavy atom. The fourth-order valence-corrected chi connectivity index (χ4v) is 1.28. The summed E-state index contributed by atoms with van der Waals surface area (Å²) in [6, 6.07) is 0. The Hall–Kier alpha value is -0.710. The first-order chi connectivity index (χ1) is 5.20. The molecule has 0 aromatic carbocycles. The standard InChI is InChI=1S/C6H12N2O2S/c1-3-7-6(11-4-2)5-8(9)10/h5,7H,3-4H2,1-2H3. The monoisotopic (exact) mass is 176 g/mol. The van der Waals surface area contributed by atoms with Crippen LogP contribution in [0.5, 0.6) is 0 Å². The number of thioether (sulfide) groups is 1. The molecule has 0 bridgehead atoms. The lowest BCUT2D eigenvalue weighted by Crippen LogP contribution is -2.11. The average molecular weight is 176 g/mol. The van der Waals surface area contributed by atoms with Gasteiger partial charge in [0.05, 0.1) is 4.92 Å². The van der Waals surface area contributed by atoms with Gasteiger partial charge >= 0.3 is 0 Å². The van der Waals surface area contributed by atoms with Gasteiger partial charge in [-0.1, -0.05) is 6.92 Å². The van der Waals surface area contributed by atoms with Gasteiger partial charge in [-0.25, -0.2) is 0 Å². The lowest BCUT2D eigenvalue weighted by molar-refractivity contribution is -0.403. The van der Waals surface area contributed by atoms with Crippen LogP contribution in [0.1, 0.15) is 13.8 Å². The highest BCUT2D eigenvalue weighted by Gasteiger charge is 1.99. The molecule has 0 spiro atoms. The second kappa shape index (κ2) is 6.03. The van der Waals surface area contributed by atoms with Crippen molar-refractivity contribution < 1.29 is 4.92 Å². The highest BCUT2D eigenvalue weighted by Crippen LogP contribution is 2.10. The van der Waals surface area contributed by atoms with Gasteiger partial charge in [-0.15, -0.1) is 11.8 Å². The Balaban J connectivity index is 3.96. The zero-order chi connectivity index (χ0) is 8.69. The van der Waals surface area contributed by atoms with Crippen LogP contribution in [-0.2, 0) is 0 Å². The van der Waals surface area contributed by atoms with Crippen molar-refractivity contribution >= 4 is 11.8 Å². The third-order valence-electron chi connectivity index (χ3n) is 0.874. The summed E-state index contributed by atoms with van der Waals surface area (Å²) in [5.41, 5.74) is 0. The van der Waals surface area contributed by atoms with Crippen LogP contribution in [0.25, 0.3) is 0 Å². The van der Waals surface area contributed by atoms with Crippen molar-refractivity contribution in [3.05, 3.63) is 21.3 Å². The summed E-state index contributed by atoms with van der Waals surface area (Å²) < 4.78 is 0. The zero-order valence-corrected chi connectivity index (χ0v) is 7.48. The van der Waals surface area contributed by atoms with Crippen LogP contribution in [0.15, 0.2) is 11.2 Å². The van der Waals surface area contributed by atoms with E-state index in [1.54, 1.807) is 0 Å². The first-order valence-electron chi connectivity index (χ1n) is 3.42. The van der Waals surface area contributed by atoms with Gasteiger partial charge < -0.3 is 5.32 Å². The van der Waals surface area contributed by atoms with Gasteiger partial charge in [0.15, 0.2) is 0 Å². The SMILES string of the molecule is CCNC(=C[N+](=O)[O-])SCC. The Morgan fingerprint density at radius 1 is 1.73 bits per heavy atom. The van der Waals surface area contributed by atoms with E-state index >= 15 is 0 Å². The van der Waals surface area contributed by atoms with Crippen LogP contribution in [0.3, 0.4) is 0 Å². The largest absolute Gasteiger partial charge is 0.375 e. The summed E-state index contributed by atoms with van der Waals surface area (Å²) in [4.78, 5) is 9.59. The third-order valence-corrected chi connectivity index (χ3v) is 1.72. The Labute approximate surface area is 70.2 Å². The number of nitrogens with zero attached hydrogens (tertiary/aromatic N) is 1. The van der Waals surface area contributed by atoms with Crippen LogP contribution < -0.4 is 5.32 Å². The fourth-order valence-electron chi connectivity index (χ4n) is 0.559. The highest BCUT2D eigenvalue weighted by atomic mass is 32.2. The molecular weight excluding hydrogens is 164 g/mol. The minimum absolute atomic E-state index is 0.444. The van der Waals surface area contributed by atoms with Crippen molar-refractivity contribution in [3.8, 4) is 0 Å². The number of nitro groups is 1. The number of rotatable bonds is 5. The number of hydrogen-bond donors (Lipinski definition) is 1. The predicted molar refractivity (Wildman–Crippen MR) is 46.9 cm³/mol. The van der Waals surface area contributed by atoms with E-state index in [9.17, 15) is 10.1 Å². The van der Waals surface area contributed by atoms with Gasteiger partial charge in [-0.3, -0.25) is 10.1 Å². The van der Waals surface area contributed by atoms with E-state index in [0.29, 0.717) is 11.6 Å². The molecule has 0 fully saturated rings. The molecule has 0 radical (unpaired) electrons. The second-order valence-corrected chi connectivity index (χ2v) is 3.05. The van der Waals surface area contributed by atoms with E-state index in [1.807, 2.05) is 13.8 Å². The molecule has 0 aromatic heterocycles. The normalized spacial score (nSPS) is 11.3. The molecule has 0 aliphatic rings. The summed E-state index contributed by atoms with van der Waals surface area (Å²) >= 11 is 1.44. The summed E-state index contributed by atoms with van der Waals surface area (Å²) in [6.45, 7) is 4.58. The molecule has 0 unspecified atom stereocenters. The highest BCUT2D eigenvalue weighted by molar-refractivity contribution is 8.02. The summed E-state index contributed by atoms with van der Waals surface area (Å²) in [6.07, 6.45) is 0.998. The van der Waals surface area contributed by atoms with E-state index < -0.39 is 4.92 Å². The molecule has 0 aliphatic carbocycles. The second-order valence-electron chi connectivity index (χ2n) is 1.74. The lowest BCUT2D eigenvalue weighted by atomic mass is 10.7. The minimum Gasteiger partial charge on any atom is -0.375 e. The molecule has 0 aliphatic heterocycles. The van der Waals surface area contributed by atoms with E-state index in [0.717, 1.165) is 12.0 Å². The molecule has 0 amide bonds. The van der Waals surface area contributed by atoms with Crippen LogP contribution in [0, 0.1) is 10.1 Å². The summed E-state index contributed by atoms with van der Waals surface area (Å²) in [5, 5.41) is 13.6. The van der Waals surface area contributed by atoms with E-state index in [1.165, 1.54) is 11.8 Å². The summed E-state index contributed by atoms with van der Waals surface area (Å²) in [7, 11) is 0. The van der Waals surface area contributed by atoms with E-state index in [2.05, 4.69) is 5.32 Å². The molecule has 0 heterocycles. The maximum atomic E-state index is 10.0. The van der Waals surface area contributed by atoms with Gasteiger partial charge in [0.1, 0.15) is 5.03 Å². The van der Waals surface area contributed by atoms with Gasteiger partial charge in [-0.2, -0.15) is 0 Å². The molecule has 1 N–H and O–H groups in total. The Kier molecular flexibility index (Phi) is 5.64. The molecule has 5 heteroatoms. The van der Waals surface area contributed by atoms with Gasteiger partial charge in [0.2, 0.25) is 0 Å². The minimum atomic E-state index is -0.444. The Bertz CT molecular complexity index is 151. The molecule has 0 rings (SSSR count). The van der Waals surface area contributed by atoms with Crippen molar-refractivity contribution in [2.75, 3.05) is 12.3 Å². The smallest absolute Gasteiger partial charge is 0.263 e. The molecular formula is C6H12N2O2S. The quantitative estimate of drug-likeness (QED) is 0.508. The maximum absolute atomic E-state index is 10.0. The fraction of sp³-hybridized carbons (Fsp3) is 0.667. The van der Waals surface area contributed by atoms with E-state index in [-0.39, 0.29) is 0 Å². The van der Waals surface area contributed by atoms with Crippen molar-refractivity contribution in [1.82, 2.24) is 5.32 Å². The maximum Gasteiger partial charge on any atom is 0.263 e. The van der Waals surface area contributed by atoms with Crippen LogP contribution in [-0.4, -0.2) is 17.2 Å². The molecule has 0 aromatic rings. The molecule has 0 atom stereocenters. The Morgan fingerprint density at radius 2 is 2.36 bits per heavy atom. The van der Waals surface area contributed by atoms with E-state index in [4.69, 9.17) is 0 Å². The first kappa shape index (κ1) is 10.3. The van der Waals surface area contributed by atoms with Crippen molar-refractivity contribution in [2.24, 2.45) is 0 Å². The van der Waals surface area contributed by atoms with Gasteiger partial charge in [-0.05, 0) is 12.7 Å². The molecule has 11 heavy (non-hydrogen) atoms. The number of hydrogen-bond acceptors (Lipinski definition) is 4. The molecule has 64 valence electrons. The van der Waals surface area contributed by atoms with Crippen LogP contribution in [0.2, 0.25) is 0 Å². The van der Waals surface area contributed by atoms with Gasteiger partial charge in [0.25, 0.3) is 6.20 Å².